The minimum Gasteiger partial charge on any atom is -0.494 e. The van der Waals surface area contributed by atoms with E-state index in [9.17, 15) is 13.2 Å². The molecule has 1 amide bonds. The maximum absolute atomic E-state index is 13.5. The number of nitrogens with one attached hydrogen (secondary N) is 1. The number of anilines is 1. The molecule has 0 aliphatic heterocycles. The molecule has 0 aromatic heterocycles. The van der Waals surface area contributed by atoms with E-state index in [-0.39, 0.29) is 23.4 Å². The number of hydrogen-bond acceptors (Lipinski definition) is 4. The van der Waals surface area contributed by atoms with Gasteiger partial charge in [-0.05, 0) is 81.3 Å². The van der Waals surface area contributed by atoms with Gasteiger partial charge in [-0.25, -0.2) is 8.42 Å². The Kier molecular flexibility index (Phi) is 6.23. The van der Waals surface area contributed by atoms with E-state index in [0.717, 1.165) is 18.4 Å². The van der Waals surface area contributed by atoms with Crippen molar-refractivity contribution in [2.75, 3.05) is 17.5 Å². The highest BCUT2D eigenvalue weighted by Gasteiger charge is 2.40. The van der Waals surface area contributed by atoms with Crippen molar-refractivity contribution in [3.8, 4) is 5.75 Å². The lowest BCUT2D eigenvalue weighted by Gasteiger charge is -2.27. The summed E-state index contributed by atoms with van der Waals surface area (Å²) in [5.41, 5.74) is 1.41. The molecular formula is C24H30N2O4S. The molecule has 1 N–H and O–H groups in total. The lowest BCUT2D eigenvalue weighted by atomic mass is 9.95. The lowest BCUT2D eigenvalue weighted by Crippen LogP contribution is -2.46. The number of benzene rings is 2. The van der Waals surface area contributed by atoms with Gasteiger partial charge in [0.05, 0.1) is 17.2 Å². The first-order valence-corrected chi connectivity index (χ1v) is 12.4. The van der Waals surface area contributed by atoms with Crippen LogP contribution in [0.2, 0.25) is 0 Å². The summed E-state index contributed by atoms with van der Waals surface area (Å²) in [7, 11) is -3.90. The molecule has 2 aliphatic carbocycles. The van der Waals surface area contributed by atoms with Gasteiger partial charge in [-0.1, -0.05) is 24.1 Å². The van der Waals surface area contributed by atoms with Crippen molar-refractivity contribution in [2.24, 2.45) is 11.8 Å². The standard InChI is InChI=1S/C24H30N2O4S/c1-3-30-21-10-8-20(9-11-21)26(31(28,29)22-12-4-17(2)5-13-22)16-24(27)25-23-15-18-6-7-19(23)14-18/h4-5,8-13,18-19,23H,3,6-7,14-16H2,1-2H3,(H,25,27)/t18-,19+,23-/m1/s1. The monoisotopic (exact) mass is 442 g/mol. The number of hydrogen-bond donors (Lipinski definition) is 1. The summed E-state index contributed by atoms with van der Waals surface area (Å²) < 4.78 is 33.6. The molecule has 2 fully saturated rings. The molecule has 6 nitrogen and oxygen atoms in total. The van der Waals surface area contributed by atoms with Gasteiger partial charge in [-0.2, -0.15) is 0 Å². The number of rotatable bonds is 8. The molecule has 166 valence electrons. The summed E-state index contributed by atoms with van der Waals surface area (Å²) in [6, 6.07) is 13.7. The van der Waals surface area contributed by atoms with Gasteiger partial charge in [0.1, 0.15) is 12.3 Å². The van der Waals surface area contributed by atoms with Crippen molar-refractivity contribution in [3.63, 3.8) is 0 Å². The number of nitrogens with zero attached hydrogens (tertiary/aromatic N) is 1. The van der Waals surface area contributed by atoms with E-state index in [1.54, 1.807) is 48.5 Å². The molecule has 0 spiro atoms. The molecule has 4 rings (SSSR count). The van der Waals surface area contributed by atoms with Crippen LogP contribution in [-0.4, -0.2) is 33.5 Å². The van der Waals surface area contributed by atoms with Crippen LogP contribution in [0.1, 0.15) is 38.2 Å². The van der Waals surface area contributed by atoms with Crippen LogP contribution >= 0.6 is 0 Å². The van der Waals surface area contributed by atoms with E-state index >= 15 is 0 Å². The van der Waals surface area contributed by atoms with E-state index in [1.165, 1.54) is 17.1 Å². The normalized spacial score (nSPS) is 22.3. The predicted molar refractivity (Wildman–Crippen MR) is 121 cm³/mol. The van der Waals surface area contributed by atoms with Crippen molar-refractivity contribution in [3.05, 3.63) is 54.1 Å². The number of ether oxygens (including phenoxy) is 1. The molecular weight excluding hydrogens is 412 g/mol. The Labute approximate surface area is 184 Å². The van der Waals surface area contributed by atoms with E-state index < -0.39 is 10.0 Å². The van der Waals surface area contributed by atoms with Crippen molar-refractivity contribution in [1.29, 1.82) is 0 Å². The van der Waals surface area contributed by atoms with Crippen LogP contribution < -0.4 is 14.4 Å². The zero-order valence-corrected chi connectivity index (χ0v) is 18.9. The molecule has 2 aliphatic rings. The molecule has 2 aromatic carbocycles. The second-order valence-corrected chi connectivity index (χ2v) is 10.5. The van der Waals surface area contributed by atoms with Gasteiger partial charge in [-0.15, -0.1) is 0 Å². The molecule has 7 heteroatoms. The Hall–Kier alpha value is -2.54. The van der Waals surface area contributed by atoms with Gasteiger partial charge in [0.2, 0.25) is 5.91 Å². The van der Waals surface area contributed by atoms with Crippen molar-refractivity contribution in [1.82, 2.24) is 5.32 Å². The number of carbonyl (C=O) groups is 1. The maximum Gasteiger partial charge on any atom is 0.264 e. The minimum absolute atomic E-state index is 0.163. The third kappa shape index (κ3) is 4.71. The second-order valence-electron chi connectivity index (χ2n) is 8.60. The number of sulfonamides is 1. The topological polar surface area (TPSA) is 75.7 Å². The van der Waals surface area contributed by atoms with E-state index in [0.29, 0.717) is 29.9 Å². The first-order chi connectivity index (χ1) is 14.9. The summed E-state index contributed by atoms with van der Waals surface area (Å²) in [6.07, 6.45) is 4.58. The third-order valence-electron chi connectivity index (χ3n) is 6.42. The Morgan fingerprint density at radius 2 is 1.77 bits per heavy atom. The van der Waals surface area contributed by atoms with Gasteiger partial charge in [0, 0.05) is 6.04 Å². The number of fused-ring (bicyclic) bond motifs is 2. The summed E-state index contributed by atoms with van der Waals surface area (Å²) in [5, 5.41) is 3.11. The van der Waals surface area contributed by atoms with Crippen molar-refractivity contribution < 1.29 is 17.9 Å². The lowest BCUT2D eigenvalue weighted by molar-refractivity contribution is -0.120. The first kappa shape index (κ1) is 21.7. The van der Waals surface area contributed by atoms with Crippen LogP contribution in [0.15, 0.2) is 53.4 Å². The fraction of sp³-hybridized carbons (Fsp3) is 0.458. The summed E-state index contributed by atoms with van der Waals surface area (Å²) >= 11 is 0. The molecule has 2 aromatic rings. The predicted octanol–water partition coefficient (Wildman–Crippen LogP) is 3.89. The zero-order chi connectivity index (χ0) is 22.0. The van der Waals surface area contributed by atoms with Crippen LogP contribution in [-0.2, 0) is 14.8 Å². The molecule has 0 saturated heterocycles. The fourth-order valence-electron chi connectivity index (χ4n) is 4.83. The summed E-state index contributed by atoms with van der Waals surface area (Å²) in [6.45, 7) is 4.07. The van der Waals surface area contributed by atoms with Crippen LogP contribution in [0, 0.1) is 18.8 Å². The third-order valence-corrected chi connectivity index (χ3v) is 8.20. The van der Waals surface area contributed by atoms with Crippen LogP contribution in [0.3, 0.4) is 0 Å². The number of amides is 1. The largest absolute Gasteiger partial charge is 0.494 e. The minimum atomic E-state index is -3.90. The average Bonchev–Trinajstić information content (AvgIpc) is 3.36. The molecule has 2 saturated carbocycles. The van der Waals surface area contributed by atoms with Crippen LogP contribution in [0.5, 0.6) is 5.75 Å². The molecule has 0 unspecified atom stereocenters. The highest BCUT2D eigenvalue weighted by molar-refractivity contribution is 7.92. The maximum atomic E-state index is 13.5. The smallest absolute Gasteiger partial charge is 0.264 e. The SMILES string of the molecule is CCOc1ccc(N(CC(=O)N[C@@H]2C[C@@H]3CC[C@H]2C3)S(=O)(=O)c2ccc(C)cc2)cc1. The van der Waals surface area contributed by atoms with E-state index in [4.69, 9.17) is 4.74 Å². The Morgan fingerprint density at radius 1 is 1.06 bits per heavy atom. The van der Waals surface area contributed by atoms with Crippen LogP contribution in [0.25, 0.3) is 0 Å². The van der Waals surface area contributed by atoms with Gasteiger partial charge >= 0.3 is 0 Å². The molecule has 0 heterocycles. The fourth-order valence-corrected chi connectivity index (χ4v) is 6.25. The Bertz CT molecular complexity index is 1020. The Balaban J connectivity index is 1.58. The zero-order valence-electron chi connectivity index (χ0n) is 18.1. The summed E-state index contributed by atoms with van der Waals surface area (Å²) in [4.78, 5) is 13.1. The van der Waals surface area contributed by atoms with E-state index in [2.05, 4.69) is 5.32 Å². The number of aryl methyl sites for hydroxylation is 1. The quantitative estimate of drug-likeness (QED) is 0.673. The van der Waals surface area contributed by atoms with Gasteiger partial charge in [0.15, 0.2) is 0 Å². The molecule has 0 radical (unpaired) electrons. The average molecular weight is 443 g/mol. The molecule has 3 atom stereocenters. The van der Waals surface area contributed by atoms with Gasteiger partial charge in [0.25, 0.3) is 10.0 Å². The van der Waals surface area contributed by atoms with Crippen molar-refractivity contribution >= 4 is 21.6 Å². The van der Waals surface area contributed by atoms with Gasteiger partial charge in [-0.3, -0.25) is 9.10 Å². The van der Waals surface area contributed by atoms with Crippen LogP contribution in [0.4, 0.5) is 5.69 Å². The summed E-state index contributed by atoms with van der Waals surface area (Å²) in [5.74, 6) is 1.63. The van der Waals surface area contributed by atoms with Gasteiger partial charge < -0.3 is 10.1 Å². The Morgan fingerprint density at radius 3 is 2.35 bits per heavy atom. The second kappa shape index (κ2) is 8.91. The molecule has 2 bridgehead atoms. The van der Waals surface area contributed by atoms with Crippen molar-refractivity contribution in [2.45, 2.75) is 50.5 Å². The van der Waals surface area contributed by atoms with E-state index in [1.807, 2.05) is 13.8 Å². The highest BCUT2D eigenvalue weighted by atomic mass is 32.2. The number of carbonyl (C=O) groups excluding carboxylic acids is 1. The molecule has 31 heavy (non-hydrogen) atoms. The highest BCUT2D eigenvalue weighted by Crippen LogP contribution is 2.44. The first-order valence-electron chi connectivity index (χ1n) is 11.0.